The van der Waals surface area contributed by atoms with Gasteiger partial charge in [-0.05, 0) is 11.1 Å². The van der Waals surface area contributed by atoms with Crippen molar-refractivity contribution in [2.24, 2.45) is 5.41 Å². The molecule has 0 N–H and O–H groups in total. The zero-order chi connectivity index (χ0) is 42.7. The average Bonchev–Trinajstić information content (AvgIpc) is 3.22. The van der Waals surface area contributed by atoms with E-state index in [0.29, 0.717) is 39.1 Å². The summed E-state index contributed by atoms with van der Waals surface area (Å²) in [5.41, 5.74) is 1.10. The number of hydrogen-bond donors (Lipinski definition) is 0. The molecule has 16 nitrogen and oxygen atoms in total. The number of ether oxygens (including phenoxy) is 6. The molecule has 0 saturated heterocycles. The molecule has 2 rings (SSSR count). The summed E-state index contributed by atoms with van der Waals surface area (Å²) in [5.74, 6) is -1.71. The zero-order valence-electron chi connectivity index (χ0n) is 34.8. The van der Waals surface area contributed by atoms with Crippen molar-refractivity contribution in [3.8, 4) is 0 Å². The van der Waals surface area contributed by atoms with Gasteiger partial charge in [-0.25, -0.2) is 0 Å². The summed E-state index contributed by atoms with van der Waals surface area (Å²) in [4.78, 5) is 79.3. The second-order valence-corrected chi connectivity index (χ2v) is 12.4. The van der Waals surface area contributed by atoms with Gasteiger partial charge in [0.2, 0.25) is 0 Å². The molecule has 0 saturated carbocycles. The summed E-state index contributed by atoms with van der Waals surface area (Å²) in [6.45, 7) is 10.7. The molecule has 57 heavy (non-hydrogen) atoms. The van der Waals surface area contributed by atoms with Gasteiger partial charge in [-0.15, -0.1) is 0 Å². The second-order valence-electron chi connectivity index (χ2n) is 12.4. The van der Waals surface area contributed by atoms with Gasteiger partial charge in [-0.3, -0.25) is 48.4 Å². The van der Waals surface area contributed by atoms with E-state index in [4.69, 9.17) is 28.4 Å². The van der Waals surface area contributed by atoms with Crippen LogP contribution in [0.5, 0.6) is 0 Å². The highest BCUT2D eigenvalue weighted by atomic mass is 16.5. The van der Waals surface area contributed by atoms with E-state index in [-0.39, 0.29) is 78.7 Å². The molecule has 1 unspecified atom stereocenters. The maximum absolute atomic E-state index is 12.8. The Morgan fingerprint density at radius 1 is 0.491 bits per heavy atom. The lowest BCUT2D eigenvalue weighted by atomic mass is 9.83. The van der Waals surface area contributed by atoms with Crippen molar-refractivity contribution >= 4 is 37.3 Å². The maximum Gasteiger partial charge on any atom is 0.319 e. The molecule has 16 heteroatoms. The summed E-state index contributed by atoms with van der Waals surface area (Å²) < 4.78 is 30.2. The maximum atomic E-state index is 12.8. The fraction of sp³-hybridized carbons (Fsp3) is 0.561. The Morgan fingerprint density at radius 2 is 0.807 bits per heavy atom. The van der Waals surface area contributed by atoms with E-state index in [0.717, 1.165) is 11.1 Å². The Labute approximate surface area is 338 Å². The molecule has 0 fully saturated rings. The quantitative estimate of drug-likeness (QED) is 0.0488. The van der Waals surface area contributed by atoms with Crippen molar-refractivity contribution in [3.63, 3.8) is 0 Å². The van der Waals surface area contributed by atoms with Crippen LogP contribution in [0.3, 0.4) is 0 Å². The van der Waals surface area contributed by atoms with Crippen molar-refractivity contribution < 1.29 is 57.2 Å². The third-order valence-corrected chi connectivity index (χ3v) is 8.26. The number of hydrogen-bond acceptors (Lipinski definition) is 16. The van der Waals surface area contributed by atoms with Crippen molar-refractivity contribution in [1.29, 1.82) is 0 Å². The van der Waals surface area contributed by atoms with E-state index in [1.54, 1.807) is 9.80 Å². The van der Waals surface area contributed by atoms with E-state index in [1.165, 1.54) is 21.3 Å². The molecule has 0 spiro atoms. The van der Waals surface area contributed by atoms with Gasteiger partial charge in [0, 0.05) is 64.3 Å². The lowest BCUT2D eigenvalue weighted by Crippen LogP contribution is -2.59. The topological polar surface area (TPSA) is 171 Å². The van der Waals surface area contributed by atoms with Gasteiger partial charge in [-0.1, -0.05) is 88.4 Å². The number of nitrogens with zero attached hydrogens (tertiary/aromatic N) is 4. The number of carbonyl (C=O) groups is 6. The molecule has 320 valence electrons. The molecule has 0 heterocycles. The van der Waals surface area contributed by atoms with Gasteiger partial charge in [-0.2, -0.15) is 0 Å². The van der Waals surface area contributed by atoms with E-state index in [2.05, 4.69) is 4.90 Å². The fourth-order valence-corrected chi connectivity index (χ4v) is 6.13. The van der Waals surface area contributed by atoms with Crippen LogP contribution in [0.2, 0.25) is 0 Å². The van der Waals surface area contributed by atoms with Crippen LogP contribution in [0.4, 0.5) is 0 Å². The van der Waals surface area contributed by atoms with Gasteiger partial charge in [0.25, 0.3) is 19.4 Å². The summed E-state index contributed by atoms with van der Waals surface area (Å²) in [5, 5.41) is 0. The minimum Gasteiger partial charge on any atom is -0.468 e. The van der Waals surface area contributed by atoms with Crippen LogP contribution in [0.1, 0.15) is 38.8 Å². The minimum absolute atomic E-state index is 0.0193. The number of benzene rings is 2. The number of rotatable bonds is 30. The molecule has 0 aliphatic rings. The Kier molecular flexibility index (Phi) is 30.4. The number of esters is 3. The van der Waals surface area contributed by atoms with Crippen molar-refractivity contribution in [2.45, 2.75) is 40.8 Å². The molecule has 2 aromatic carbocycles. The van der Waals surface area contributed by atoms with E-state index in [9.17, 15) is 28.8 Å². The van der Waals surface area contributed by atoms with Crippen LogP contribution >= 0.6 is 0 Å². The average molecular weight is 805 g/mol. The van der Waals surface area contributed by atoms with Crippen molar-refractivity contribution in [1.82, 2.24) is 19.6 Å². The largest absolute Gasteiger partial charge is 0.468 e. The fourth-order valence-electron chi connectivity index (χ4n) is 6.13. The third-order valence-electron chi connectivity index (χ3n) is 8.26. The highest BCUT2D eigenvalue weighted by molar-refractivity contribution is 5.75. The van der Waals surface area contributed by atoms with Crippen molar-refractivity contribution in [3.05, 3.63) is 71.8 Å². The summed E-state index contributed by atoms with van der Waals surface area (Å²) >= 11 is 0. The normalized spacial score (nSPS) is 11.6. The van der Waals surface area contributed by atoms with Gasteiger partial charge < -0.3 is 28.4 Å². The summed E-state index contributed by atoms with van der Waals surface area (Å²) in [6, 6.07) is 19.7. The molecule has 0 amide bonds. The van der Waals surface area contributed by atoms with Crippen LogP contribution in [0, 0.1) is 5.41 Å². The molecular formula is C41H64N4O12. The van der Waals surface area contributed by atoms with Crippen LogP contribution in [0.25, 0.3) is 0 Å². The first-order valence-corrected chi connectivity index (χ1v) is 19.0. The Bertz CT molecular complexity index is 1300. The van der Waals surface area contributed by atoms with Gasteiger partial charge in [0.05, 0.1) is 41.0 Å². The number of methoxy groups -OCH3 is 3. The monoisotopic (exact) mass is 804 g/mol. The number of carbonyl (C=O) groups excluding carboxylic acids is 6. The first kappa shape index (κ1) is 52.1. The van der Waals surface area contributed by atoms with Crippen LogP contribution in [0.15, 0.2) is 60.7 Å². The first-order chi connectivity index (χ1) is 27.7. The third kappa shape index (κ3) is 23.7. The van der Waals surface area contributed by atoms with E-state index < -0.39 is 23.3 Å². The lowest BCUT2D eigenvalue weighted by molar-refractivity contribution is -0.146. The molecule has 0 aliphatic heterocycles. The van der Waals surface area contributed by atoms with E-state index in [1.807, 2.05) is 93.3 Å². The minimum atomic E-state index is -0.955. The Hall–Kier alpha value is -4.90. The van der Waals surface area contributed by atoms with Gasteiger partial charge in [0.15, 0.2) is 0 Å². The molecule has 0 bridgehead atoms. The molecule has 0 aliphatic carbocycles. The zero-order valence-corrected chi connectivity index (χ0v) is 34.8. The van der Waals surface area contributed by atoms with Crippen LogP contribution in [-0.4, -0.2) is 164 Å². The lowest BCUT2D eigenvalue weighted by Gasteiger charge is -2.46. The first-order valence-electron chi connectivity index (χ1n) is 19.0. The van der Waals surface area contributed by atoms with Gasteiger partial charge >= 0.3 is 17.9 Å². The molecule has 1 atom stereocenters. The summed E-state index contributed by atoms with van der Waals surface area (Å²) in [6.07, 6.45) is 0. The highest BCUT2D eigenvalue weighted by Crippen LogP contribution is 2.28. The molecule has 0 aromatic heterocycles. The van der Waals surface area contributed by atoms with Crippen LogP contribution in [-0.2, 0) is 70.3 Å². The molecule has 2 aromatic rings. The van der Waals surface area contributed by atoms with E-state index >= 15 is 0 Å². The van der Waals surface area contributed by atoms with Gasteiger partial charge in [0.1, 0.15) is 19.8 Å². The second kappa shape index (κ2) is 33.3. The smallest absolute Gasteiger partial charge is 0.319 e. The predicted molar refractivity (Wildman–Crippen MR) is 214 cm³/mol. The predicted octanol–water partition coefficient (Wildman–Crippen LogP) is 2.67. The standard InChI is InChI=1S/C37H52N4O12.2C2H6/c1-48-34(45)22-39(16-19-53-31-44)26-37(25-38(14-17-51-29-42)15-18-52-30-43,28-41(23-35(46)49-2)24-36(47)50-3)27-40(20-32-10-6-4-7-11-32)21-33-12-8-5-9-13-33;2*1-2/h4-13,29-31H,14-28H2,1-3H3;2*1-2H3. The Balaban J connectivity index is 0.00000758. The SMILES string of the molecule is CC.CC.COC(=O)CN(CCOC=O)CC(CN(CCOC=O)CCOC=O)(CN(CC(=O)OC)CC(=O)OC)CN(Cc1ccccc1)Cc1ccccc1. The van der Waals surface area contributed by atoms with Crippen LogP contribution < -0.4 is 0 Å². The Morgan fingerprint density at radius 3 is 1.18 bits per heavy atom. The molecular weight excluding hydrogens is 740 g/mol. The molecule has 0 radical (unpaired) electrons. The summed E-state index contributed by atoms with van der Waals surface area (Å²) in [7, 11) is 3.77. The van der Waals surface area contributed by atoms with Crippen molar-refractivity contribution in [2.75, 3.05) is 107 Å². The highest BCUT2D eigenvalue weighted by Gasteiger charge is 2.40.